The molecule has 156 valence electrons. The monoisotopic (exact) mass is 411 g/mol. The van der Waals surface area contributed by atoms with Crippen LogP contribution in [0, 0.1) is 11.3 Å². The second kappa shape index (κ2) is 6.55. The topological polar surface area (TPSA) is 73.9 Å². The van der Waals surface area contributed by atoms with Crippen LogP contribution in [0.15, 0.2) is 42.9 Å². The SMILES string of the molecule is Cn1cc(-c2ncc(C#N)c(N3C[C@@H]4C[C@H]3CN4c3cccc(C4(C)CC4)c3)n2)cn1. The van der Waals surface area contributed by atoms with Gasteiger partial charge < -0.3 is 9.80 Å². The highest BCUT2D eigenvalue weighted by molar-refractivity contribution is 5.64. The fourth-order valence-electron chi connectivity index (χ4n) is 5.13. The van der Waals surface area contributed by atoms with Crippen molar-refractivity contribution in [1.29, 1.82) is 5.26 Å². The Morgan fingerprint density at radius 3 is 2.61 bits per heavy atom. The number of hydrogen-bond acceptors (Lipinski definition) is 6. The van der Waals surface area contributed by atoms with Gasteiger partial charge in [0.15, 0.2) is 11.6 Å². The van der Waals surface area contributed by atoms with Crippen molar-refractivity contribution in [3.05, 3.63) is 54.0 Å². The van der Waals surface area contributed by atoms with Crippen LogP contribution in [0.3, 0.4) is 0 Å². The Morgan fingerprint density at radius 2 is 1.94 bits per heavy atom. The average molecular weight is 412 g/mol. The summed E-state index contributed by atoms with van der Waals surface area (Å²) < 4.78 is 1.74. The summed E-state index contributed by atoms with van der Waals surface area (Å²) in [5, 5.41) is 13.9. The number of piperazine rings is 1. The van der Waals surface area contributed by atoms with Crippen molar-refractivity contribution in [3.63, 3.8) is 0 Å². The predicted octanol–water partition coefficient (Wildman–Crippen LogP) is 3.27. The van der Waals surface area contributed by atoms with Crippen molar-refractivity contribution in [2.24, 2.45) is 7.05 Å². The molecule has 7 heteroatoms. The normalized spacial score (nSPS) is 23.3. The van der Waals surface area contributed by atoms with Crippen molar-refractivity contribution >= 4 is 11.5 Å². The number of nitriles is 1. The smallest absolute Gasteiger partial charge is 0.164 e. The Labute approximate surface area is 182 Å². The van der Waals surface area contributed by atoms with E-state index in [2.05, 4.69) is 57.1 Å². The molecular formula is C24H25N7. The number of aromatic nitrogens is 4. The molecule has 1 aromatic carbocycles. The van der Waals surface area contributed by atoms with Gasteiger partial charge >= 0.3 is 0 Å². The summed E-state index contributed by atoms with van der Waals surface area (Å²) in [6.45, 7) is 4.20. The molecule has 3 fully saturated rings. The van der Waals surface area contributed by atoms with Crippen molar-refractivity contribution in [3.8, 4) is 17.5 Å². The van der Waals surface area contributed by atoms with Crippen molar-refractivity contribution in [2.75, 3.05) is 22.9 Å². The van der Waals surface area contributed by atoms with Gasteiger partial charge in [-0.05, 0) is 42.4 Å². The van der Waals surface area contributed by atoms with E-state index in [0.29, 0.717) is 28.9 Å². The molecule has 2 atom stereocenters. The summed E-state index contributed by atoms with van der Waals surface area (Å²) in [5.41, 5.74) is 4.58. The maximum absolute atomic E-state index is 9.67. The Balaban J connectivity index is 1.27. The van der Waals surface area contributed by atoms with E-state index < -0.39 is 0 Å². The number of nitrogens with zero attached hydrogens (tertiary/aromatic N) is 7. The fraction of sp³-hybridized carbons (Fsp3) is 0.417. The highest BCUT2D eigenvalue weighted by Crippen LogP contribution is 2.48. The quantitative estimate of drug-likeness (QED) is 0.656. The minimum atomic E-state index is 0.355. The fourth-order valence-corrected chi connectivity index (χ4v) is 5.13. The highest BCUT2D eigenvalue weighted by atomic mass is 15.4. The molecule has 0 unspecified atom stereocenters. The third-order valence-corrected chi connectivity index (χ3v) is 7.24. The van der Waals surface area contributed by atoms with Crippen molar-refractivity contribution < 1.29 is 0 Å². The molecule has 4 heterocycles. The Bertz CT molecular complexity index is 1200. The van der Waals surface area contributed by atoms with E-state index in [1.165, 1.54) is 24.1 Å². The molecule has 7 nitrogen and oxygen atoms in total. The van der Waals surface area contributed by atoms with Crippen LogP contribution in [0.1, 0.15) is 37.3 Å². The van der Waals surface area contributed by atoms with E-state index in [4.69, 9.17) is 4.98 Å². The van der Waals surface area contributed by atoms with Crippen LogP contribution >= 0.6 is 0 Å². The molecule has 0 spiro atoms. The summed E-state index contributed by atoms with van der Waals surface area (Å²) in [4.78, 5) is 14.1. The van der Waals surface area contributed by atoms with Crippen LogP contribution in [0.25, 0.3) is 11.4 Å². The van der Waals surface area contributed by atoms with Crippen molar-refractivity contribution in [2.45, 2.75) is 43.7 Å². The van der Waals surface area contributed by atoms with Gasteiger partial charge in [0.2, 0.25) is 0 Å². The first-order chi connectivity index (χ1) is 15.0. The van der Waals surface area contributed by atoms with E-state index in [0.717, 1.165) is 30.9 Å². The number of benzene rings is 1. The summed E-state index contributed by atoms with van der Waals surface area (Å²) in [5.74, 6) is 1.37. The van der Waals surface area contributed by atoms with E-state index in [1.807, 2.05) is 13.2 Å². The van der Waals surface area contributed by atoms with Gasteiger partial charge in [0.1, 0.15) is 11.6 Å². The van der Waals surface area contributed by atoms with E-state index in [-0.39, 0.29) is 0 Å². The highest BCUT2D eigenvalue weighted by Gasteiger charge is 2.45. The minimum Gasteiger partial charge on any atom is -0.365 e. The predicted molar refractivity (Wildman–Crippen MR) is 119 cm³/mol. The number of rotatable bonds is 4. The zero-order valence-electron chi connectivity index (χ0n) is 17.9. The van der Waals surface area contributed by atoms with Gasteiger partial charge in [-0.2, -0.15) is 10.4 Å². The average Bonchev–Trinajstić information content (AvgIpc) is 3.15. The minimum absolute atomic E-state index is 0.355. The first kappa shape index (κ1) is 18.4. The van der Waals surface area contributed by atoms with Crippen LogP contribution in [0.4, 0.5) is 11.5 Å². The zero-order valence-corrected chi connectivity index (χ0v) is 17.9. The standard InChI is InChI=1S/C24H25N7/c1-24(6-7-24)18-4-3-5-19(8-18)30-14-21-9-20(30)15-31(21)23-16(10-25)11-26-22(28-23)17-12-27-29(2)13-17/h3-5,8,11-13,20-21H,6-7,9,14-15H2,1-2H3/t20-,21-/m0/s1. The third-order valence-electron chi connectivity index (χ3n) is 7.24. The molecule has 3 aliphatic rings. The second-order valence-corrected chi connectivity index (χ2v) is 9.40. The molecular weight excluding hydrogens is 386 g/mol. The zero-order chi connectivity index (χ0) is 21.2. The third kappa shape index (κ3) is 2.97. The Morgan fingerprint density at radius 1 is 1.13 bits per heavy atom. The molecule has 2 aliphatic heterocycles. The molecule has 0 radical (unpaired) electrons. The number of aryl methyl sites for hydroxylation is 1. The van der Waals surface area contributed by atoms with Gasteiger partial charge in [0.25, 0.3) is 0 Å². The van der Waals surface area contributed by atoms with Crippen LogP contribution in [-0.4, -0.2) is 44.9 Å². The summed E-state index contributed by atoms with van der Waals surface area (Å²) in [6.07, 6.45) is 8.99. The summed E-state index contributed by atoms with van der Waals surface area (Å²) in [7, 11) is 1.88. The molecule has 2 aromatic heterocycles. The van der Waals surface area contributed by atoms with Gasteiger partial charge in [-0.15, -0.1) is 0 Å². The number of hydrogen-bond donors (Lipinski definition) is 0. The van der Waals surface area contributed by atoms with Crippen LogP contribution < -0.4 is 9.80 Å². The Kier molecular flexibility index (Phi) is 3.88. The van der Waals surface area contributed by atoms with Gasteiger partial charge in [-0.1, -0.05) is 19.1 Å². The summed E-state index contributed by atoms with van der Waals surface area (Å²) >= 11 is 0. The lowest BCUT2D eigenvalue weighted by Crippen LogP contribution is -2.47. The molecule has 1 saturated carbocycles. The summed E-state index contributed by atoms with van der Waals surface area (Å²) in [6, 6.07) is 12.2. The molecule has 2 saturated heterocycles. The van der Waals surface area contributed by atoms with Crippen LogP contribution in [0.5, 0.6) is 0 Å². The van der Waals surface area contributed by atoms with E-state index in [1.54, 1.807) is 17.1 Å². The molecule has 6 rings (SSSR count). The number of anilines is 2. The first-order valence-corrected chi connectivity index (χ1v) is 10.9. The van der Waals surface area contributed by atoms with E-state index in [9.17, 15) is 5.26 Å². The van der Waals surface area contributed by atoms with E-state index >= 15 is 0 Å². The lowest BCUT2D eigenvalue weighted by Gasteiger charge is -2.36. The van der Waals surface area contributed by atoms with Crippen molar-refractivity contribution in [1.82, 2.24) is 19.7 Å². The van der Waals surface area contributed by atoms with Gasteiger partial charge in [0, 0.05) is 38.1 Å². The molecule has 3 aromatic rings. The maximum Gasteiger partial charge on any atom is 0.164 e. The maximum atomic E-state index is 9.67. The van der Waals surface area contributed by atoms with Gasteiger partial charge in [-0.3, -0.25) is 4.68 Å². The Hall–Kier alpha value is -3.40. The number of fused-ring (bicyclic) bond motifs is 2. The molecule has 1 aliphatic carbocycles. The van der Waals surface area contributed by atoms with Crippen LogP contribution in [0.2, 0.25) is 0 Å². The second-order valence-electron chi connectivity index (χ2n) is 9.40. The molecule has 0 N–H and O–H groups in total. The lowest BCUT2D eigenvalue weighted by molar-refractivity contribution is 0.639. The first-order valence-electron chi connectivity index (χ1n) is 10.9. The largest absolute Gasteiger partial charge is 0.365 e. The molecule has 2 bridgehead atoms. The van der Waals surface area contributed by atoms with Crippen LogP contribution in [-0.2, 0) is 12.5 Å². The van der Waals surface area contributed by atoms with Gasteiger partial charge in [0.05, 0.1) is 24.0 Å². The lowest BCUT2D eigenvalue weighted by atomic mass is 9.97. The molecule has 0 amide bonds. The molecule has 31 heavy (non-hydrogen) atoms. The van der Waals surface area contributed by atoms with Gasteiger partial charge in [-0.25, -0.2) is 9.97 Å².